The second-order valence-corrected chi connectivity index (χ2v) is 9.62. The van der Waals surface area contributed by atoms with Gasteiger partial charge in [0.15, 0.2) is 0 Å². The van der Waals surface area contributed by atoms with Crippen LogP contribution in [-0.2, 0) is 51.3 Å². The quantitative estimate of drug-likeness (QED) is 0.283. The zero-order valence-corrected chi connectivity index (χ0v) is 27.1. The van der Waals surface area contributed by atoms with Crippen molar-refractivity contribution in [2.75, 3.05) is 19.8 Å². The largest absolute Gasteiger partial charge is 0.480 e. The summed E-state index contributed by atoms with van der Waals surface area (Å²) in [5.41, 5.74) is 1.85. The average Bonchev–Trinajstić information content (AvgIpc) is 3.70. The van der Waals surface area contributed by atoms with E-state index in [4.69, 9.17) is 24.1 Å². The lowest BCUT2D eigenvalue weighted by molar-refractivity contribution is -0.150. The fourth-order valence-corrected chi connectivity index (χ4v) is 4.34. The fourth-order valence-electron chi connectivity index (χ4n) is 4.34. The molecule has 1 saturated heterocycles. The number of carboxylic acids is 1. The van der Waals surface area contributed by atoms with Gasteiger partial charge in [0.1, 0.15) is 25.3 Å². The number of ether oxygens (including phenoxy) is 4. The molecule has 2 aliphatic rings. The summed E-state index contributed by atoms with van der Waals surface area (Å²) in [6, 6.07) is 16.8. The topological polar surface area (TPSA) is 158 Å². The second-order valence-electron chi connectivity index (χ2n) is 9.62. The minimum atomic E-state index is -0.989. The molecule has 0 aromatic heterocycles. The van der Waals surface area contributed by atoms with Crippen LogP contribution < -0.4 is 5.32 Å². The monoisotopic (exact) mass is 664 g/mol. The van der Waals surface area contributed by atoms with Crippen molar-refractivity contribution in [2.45, 2.75) is 52.0 Å². The van der Waals surface area contributed by atoms with E-state index >= 15 is 0 Å². The molecule has 2 aromatic carbocycles. The van der Waals surface area contributed by atoms with E-state index < -0.39 is 36.1 Å². The van der Waals surface area contributed by atoms with Crippen molar-refractivity contribution in [3.8, 4) is 0 Å². The molecular formula is C31H40N2O10S2. The number of carbonyl (C=O) groups is 5. The molecule has 12 nitrogen and oxygen atoms in total. The Morgan fingerprint density at radius 1 is 0.800 bits per heavy atom. The number of carboxylic acid groups (broad SMARTS) is 1. The Morgan fingerprint density at radius 3 is 1.87 bits per heavy atom. The highest BCUT2D eigenvalue weighted by Crippen LogP contribution is 2.25. The maximum Gasteiger partial charge on any atom is 0.414 e. The van der Waals surface area contributed by atoms with Crippen molar-refractivity contribution in [3.05, 3.63) is 83.6 Å². The van der Waals surface area contributed by atoms with Crippen LogP contribution in [0.3, 0.4) is 0 Å². The number of aliphatic carboxylic acids is 1. The molecule has 2 heterocycles. The summed E-state index contributed by atoms with van der Waals surface area (Å²) in [6.45, 7) is 4.46. The van der Waals surface area contributed by atoms with Crippen LogP contribution >= 0.6 is 27.0 Å². The Bertz CT molecular complexity index is 1290. The SMILES string of the molecule is CCOC(=O)C1=CN(C(=O)OCc2ccccc2)[C@H](C(=O)OCc2ccccc2)C1.CCOC(=O)[C@@H]1CN[C@H](C(=O)O)C1.S.S. The molecule has 246 valence electrons. The Hall–Kier alpha value is -4.01. The lowest BCUT2D eigenvalue weighted by Gasteiger charge is -2.21. The average molecular weight is 665 g/mol. The molecule has 2 N–H and O–H groups in total. The Labute approximate surface area is 275 Å². The summed E-state index contributed by atoms with van der Waals surface area (Å²) in [5.74, 6) is -2.71. The van der Waals surface area contributed by atoms with Gasteiger partial charge in [-0.2, -0.15) is 27.0 Å². The van der Waals surface area contributed by atoms with Crippen LogP contribution in [0.1, 0.15) is 37.8 Å². The fraction of sp³-hybridized carbons (Fsp3) is 0.387. The van der Waals surface area contributed by atoms with Gasteiger partial charge in [-0.05, 0) is 31.4 Å². The first-order valence-electron chi connectivity index (χ1n) is 13.9. The Morgan fingerprint density at radius 2 is 1.36 bits per heavy atom. The van der Waals surface area contributed by atoms with Crippen LogP contribution in [0, 0.1) is 5.92 Å². The maximum absolute atomic E-state index is 12.7. The first-order valence-corrected chi connectivity index (χ1v) is 13.9. The number of hydrogen-bond donors (Lipinski definition) is 2. The van der Waals surface area contributed by atoms with Gasteiger partial charge in [0.05, 0.1) is 24.7 Å². The smallest absolute Gasteiger partial charge is 0.414 e. The third kappa shape index (κ3) is 12.1. The van der Waals surface area contributed by atoms with Crippen molar-refractivity contribution in [1.82, 2.24) is 10.2 Å². The number of esters is 3. The molecule has 45 heavy (non-hydrogen) atoms. The molecule has 0 aliphatic carbocycles. The molecule has 0 radical (unpaired) electrons. The Balaban J connectivity index is 0.000000571. The standard InChI is InChI=1S/C23H23NO6.C8H13NO4.2H2S/c1-2-28-21(25)19-13-20(22(26)29-15-17-9-5-3-6-10-17)24(14-19)23(27)30-16-18-11-7-4-8-12-18;1-2-13-8(12)5-3-6(7(10)11)9-4-5;;/h3-12,14,20H,2,13,15-16H2,1H3;5-6,9H,2-4H2,1H3,(H,10,11);2*1H2/t20-;5-,6-;;/m00../s1. The van der Waals surface area contributed by atoms with Gasteiger partial charge in [-0.1, -0.05) is 60.7 Å². The number of rotatable bonds is 10. The highest BCUT2D eigenvalue weighted by molar-refractivity contribution is 7.59. The first-order chi connectivity index (χ1) is 20.7. The van der Waals surface area contributed by atoms with E-state index in [2.05, 4.69) is 5.32 Å². The molecule has 3 atom stereocenters. The summed E-state index contributed by atoms with van der Waals surface area (Å²) >= 11 is 0. The van der Waals surface area contributed by atoms with Crippen molar-refractivity contribution >= 4 is 57.0 Å². The third-order valence-electron chi connectivity index (χ3n) is 6.54. The number of nitrogens with one attached hydrogen (secondary N) is 1. The molecule has 1 fully saturated rings. The second kappa shape index (κ2) is 20.1. The summed E-state index contributed by atoms with van der Waals surface area (Å²) < 4.78 is 20.5. The molecule has 0 spiro atoms. The zero-order chi connectivity index (χ0) is 31.2. The van der Waals surface area contributed by atoms with Crippen LogP contribution in [0.5, 0.6) is 0 Å². The molecule has 0 unspecified atom stereocenters. The molecular weight excluding hydrogens is 624 g/mol. The third-order valence-corrected chi connectivity index (χ3v) is 6.54. The van der Waals surface area contributed by atoms with E-state index in [1.165, 1.54) is 6.20 Å². The van der Waals surface area contributed by atoms with Gasteiger partial charge in [-0.3, -0.25) is 14.5 Å². The lowest BCUT2D eigenvalue weighted by atomic mass is 10.1. The maximum atomic E-state index is 12.7. The summed E-state index contributed by atoms with van der Waals surface area (Å²) in [6.07, 6.45) is 0.903. The van der Waals surface area contributed by atoms with Gasteiger partial charge in [0, 0.05) is 19.2 Å². The van der Waals surface area contributed by atoms with E-state index in [0.29, 0.717) is 19.6 Å². The van der Waals surface area contributed by atoms with Crippen LogP contribution in [0.2, 0.25) is 0 Å². The molecule has 0 saturated carbocycles. The minimum absolute atomic E-state index is 0. The predicted octanol–water partition coefficient (Wildman–Crippen LogP) is 3.43. The molecule has 1 amide bonds. The van der Waals surface area contributed by atoms with E-state index in [1.54, 1.807) is 13.8 Å². The van der Waals surface area contributed by atoms with Crippen LogP contribution in [0.4, 0.5) is 4.79 Å². The van der Waals surface area contributed by atoms with Gasteiger partial charge >= 0.3 is 30.0 Å². The van der Waals surface area contributed by atoms with E-state index in [1.807, 2.05) is 60.7 Å². The van der Waals surface area contributed by atoms with Gasteiger partial charge in [0.2, 0.25) is 0 Å². The van der Waals surface area contributed by atoms with Crippen LogP contribution in [0.25, 0.3) is 0 Å². The first kappa shape index (κ1) is 39.0. The highest BCUT2D eigenvalue weighted by atomic mass is 32.1. The van der Waals surface area contributed by atoms with Crippen molar-refractivity contribution in [1.29, 1.82) is 0 Å². The number of hydrogen-bond acceptors (Lipinski definition) is 10. The molecule has 14 heteroatoms. The van der Waals surface area contributed by atoms with Crippen molar-refractivity contribution in [2.24, 2.45) is 5.92 Å². The molecule has 0 bridgehead atoms. The number of nitrogens with zero attached hydrogens (tertiary/aromatic N) is 1. The molecule has 4 rings (SSSR count). The minimum Gasteiger partial charge on any atom is -0.480 e. The molecule has 2 aromatic rings. The van der Waals surface area contributed by atoms with E-state index in [9.17, 15) is 24.0 Å². The highest BCUT2D eigenvalue weighted by Gasteiger charge is 2.39. The normalized spacial score (nSPS) is 18.0. The van der Waals surface area contributed by atoms with Gasteiger partial charge in [-0.25, -0.2) is 14.4 Å². The molecule has 2 aliphatic heterocycles. The Kier molecular flexibility index (Phi) is 17.4. The van der Waals surface area contributed by atoms with Gasteiger partial charge in [-0.15, -0.1) is 0 Å². The van der Waals surface area contributed by atoms with Crippen molar-refractivity contribution in [3.63, 3.8) is 0 Å². The van der Waals surface area contributed by atoms with Crippen LogP contribution in [-0.4, -0.2) is 71.8 Å². The van der Waals surface area contributed by atoms with Gasteiger partial charge in [0.25, 0.3) is 0 Å². The number of amides is 1. The van der Waals surface area contributed by atoms with Crippen molar-refractivity contribution < 1.29 is 48.0 Å². The number of benzene rings is 2. The van der Waals surface area contributed by atoms with E-state index in [0.717, 1.165) is 16.0 Å². The predicted molar refractivity (Wildman–Crippen MR) is 173 cm³/mol. The number of carbonyl (C=O) groups excluding carboxylic acids is 4. The van der Waals surface area contributed by atoms with Crippen LogP contribution in [0.15, 0.2) is 72.4 Å². The van der Waals surface area contributed by atoms with Gasteiger partial charge < -0.3 is 29.4 Å². The summed E-state index contributed by atoms with van der Waals surface area (Å²) in [7, 11) is 0. The zero-order valence-electron chi connectivity index (χ0n) is 25.1. The van der Waals surface area contributed by atoms with E-state index in [-0.39, 0.29) is 70.7 Å². The summed E-state index contributed by atoms with van der Waals surface area (Å²) in [5, 5.41) is 11.4. The summed E-state index contributed by atoms with van der Waals surface area (Å²) in [4.78, 5) is 60.2. The lowest BCUT2D eigenvalue weighted by Crippen LogP contribution is -2.40.